The molecule has 18 heavy (non-hydrogen) atoms. The zero-order chi connectivity index (χ0) is 12.6. The summed E-state index contributed by atoms with van der Waals surface area (Å²) >= 11 is 0. The molecule has 0 saturated heterocycles. The lowest BCUT2D eigenvalue weighted by molar-refractivity contribution is 0.0302. The van der Waals surface area contributed by atoms with Crippen molar-refractivity contribution in [1.29, 1.82) is 0 Å². The van der Waals surface area contributed by atoms with Gasteiger partial charge in [0, 0.05) is 19.3 Å². The molecule has 1 aliphatic carbocycles. The fourth-order valence-corrected chi connectivity index (χ4v) is 2.44. The van der Waals surface area contributed by atoms with Crippen LogP contribution in [-0.4, -0.2) is 24.2 Å². The number of aromatic nitrogens is 1. The second-order valence-corrected chi connectivity index (χ2v) is 5.07. The lowest BCUT2D eigenvalue weighted by Crippen LogP contribution is -2.24. The van der Waals surface area contributed by atoms with Crippen molar-refractivity contribution in [2.24, 2.45) is 0 Å². The number of ether oxygens (including phenoxy) is 1. The minimum absolute atomic E-state index is 0.511. The van der Waals surface area contributed by atoms with Crippen molar-refractivity contribution in [2.45, 2.75) is 51.7 Å². The molecule has 2 rings (SSSR count). The van der Waals surface area contributed by atoms with Crippen LogP contribution in [0.25, 0.3) is 0 Å². The van der Waals surface area contributed by atoms with E-state index in [-0.39, 0.29) is 0 Å². The smallest absolute Gasteiger partial charge is 0.0594 e. The Morgan fingerprint density at radius 2 is 2.17 bits per heavy atom. The molecule has 0 aromatic carbocycles. The van der Waals surface area contributed by atoms with Gasteiger partial charge in [0.05, 0.1) is 18.4 Å². The van der Waals surface area contributed by atoms with E-state index in [9.17, 15) is 0 Å². The quantitative estimate of drug-likeness (QED) is 0.786. The molecule has 1 fully saturated rings. The first-order chi connectivity index (χ1) is 8.86. The van der Waals surface area contributed by atoms with Gasteiger partial charge in [0.1, 0.15) is 0 Å². The number of nitrogens with zero attached hydrogens (tertiary/aromatic N) is 1. The van der Waals surface area contributed by atoms with Crippen LogP contribution in [0.1, 0.15) is 43.4 Å². The van der Waals surface area contributed by atoms with Gasteiger partial charge in [-0.2, -0.15) is 0 Å². The Hall–Kier alpha value is -0.930. The maximum absolute atomic E-state index is 5.87. The number of hydrogen-bond acceptors (Lipinski definition) is 3. The van der Waals surface area contributed by atoms with Crippen LogP contribution in [0.5, 0.6) is 0 Å². The summed E-state index contributed by atoms with van der Waals surface area (Å²) in [5.74, 6) is 0. The van der Waals surface area contributed by atoms with Gasteiger partial charge in [-0.3, -0.25) is 4.98 Å². The van der Waals surface area contributed by atoms with E-state index in [1.165, 1.54) is 37.7 Å². The molecule has 1 aromatic heterocycles. The molecule has 3 heteroatoms. The Kier molecular flexibility index (Phi) is 5.62. The number of nitrogens with one attached hydrogen (secondary N) is 1. The molecular formula is C15H24N2O. The molecule has 1 saturated carbocycles. The fraction of sp³-hybridized carbons (Fsp3) is 0.667. The highest BCUT2D eigenvalue weighted by Crippen LogP contribution is 2.19. The summed E-state index contributed by atoms with van der Waals surface area (Å²) in [6.45, 7) is 4.66. The third kappa shape index (κ3) is 4.39. The van der Waals surface area contributed by atoms with E-state index in [4.69, 9.17) is 4.74 Å². The maximum atomic E-state index is 5.87. The predicted molar refractivity (Wildman–Crippen MR) is 73.5 cm³/mol. The highest BCUT2D eigenvalue weighted by Gasteiger charge is 2.12. The van der Waals surface area contributed by atoms with Crippen molar-refractivity contribution in [3.63, 3.8) is 0 Å². The highest BCUT2D eigenvalue weighted by atomic mass is 16.5. The van der Waals surface area contributed by atoms with Gasteiger partial charge in [0.15, 0.2) is 0 Å². The molecule has 3 nitrogen and oxygen atoms in total. The van der Waals surface area contributed by atoms with Crippen molar-refractivity contribution in [2.75, 3.05) is 13.2 Å². The van der Waals surface area contributed by atoms with Crippen LogP contribution in [0, 0.1) is 6.92 Å². The van der Waals surface area contributed by atoms with Crippen LogP contribution in [0.3, 0.4) is 0 Å². The van der Waals surface area contributed by atoms with Crippen molar-refractivity contribution >= 4 is 0 Å². The Balaban J connectivity index is 1.57. The molecule has 0 radical (unpaired) electrons. The molecule has 0 amide bonds. The van der Waals surface area contributed by atoms with Gasteiger partial charge in [0.2, 0.25) is 0 Å². The van der Waals surface area contributed by atoms with E-state index in [1.807, 2.05) is 12.3 Å². The Morgan fingerprint density at radius 1 is 1.33 bits per heavy atom. The fourth-order valence-electron chi connectivity index (χ4n) is 2.44. The largest absolute Gasteiger partial charge is 0.377 e. The maximum Gasteiger partial charge on any atom is 0.0594 e. The van der Waals surface area contributed by atoms with Crippen LogP contribution in [0.2, 0.25) is 0 Å². The molecule has 1 aliphatic rings. The number of rotatable bonds is 6. The Morgan fingerprint density at radius 3 is 2.94 bits per heavy atom. The average Bonchev–Trinajstić information content (AvgIpc) is 2.42. The van der Waals surface area contributed by atoms with Crippen LogP contribution >= 0.6 is 0 Å². The highest BCUT2D eigenvalue weighted by molar-refractivity contribution is 5.17. The summed E-state index contributed by atoms with van der Waals surface area (Å²) in [7, 11) is 0. The van der Waals surface area contributed by atoms with Gasteiger partial charge in [-0.15, -0.1) is 0 Å². The van der Waals surface area contributed by atoms with Gasteiger partial charge in [0.25, 0.3) is 0 Å². The molecule has 0 spiro atoms. The summed E-state index contributed by atoms with van der Waals surface area (Å²) in [4.78, 5) is 4.36. The molecule has 0 atom stereocenters. The number of pyridine rings is 1. The lowest BCUT2D eigenvalue weighted by atomic mass is 9.98. The average molecular weight is 248 g/mol. The van der Waals surface area contributed by atoms with E-state index in [1.54, 1.807) is 0 Å². The summed E-state index contributed by atoms with van der Waals surface area (Å²) in [6, 6.07) is 4.08. The van der Waals surface area contributed by atoms with E-state index in [0.717, 1.165) is 25.4 Å². The van der Waals surface area contributed by atoms with E-state index in [2.05, 4.69) is 23.3 Å². The minimum Gasteiger partial charge on any atom is -0.377 e. The van der Waals surface area contributed by atoms with Gasteiger partial charge in [-0.1, -0.05) is 25.3 Å². The molecule has 0 bridgehead atoms. The number of hydrogen-bond donors (Lipinski definition) is 1. The normalized spacial score (nSPS) is 16.9. The van der Waals surface area contributed by atoms with Gasteiger partial charge >= 0.3 is 0 Å². The third-order valence-corrected chi connectivity index (χ3v) is 3.59. The zero-order valence-corrected chi connectivity index (χ0v) is 11.3. The van der Waals surface area contributed by atoms with Crippen molar-refractivity contribution in [1.82, 2.24) is 10.3 Å². The summed E-state index contributed by atoms with van der Waals surface area (Å²) in [5, 5.41) is 3.39. The molecule has 100 valence electrons. The van der Waals surface area contributed by atoms with Crippen LogP contribution in [-0.2, 0) is 11.3 Å². The first-order valence-corrected chi connectivity index (χ1v) is 7.09. The molecule has 0 aliphatic heterocycles. The van der Waals surface area contributed by atoms with Crippen LogP contribution in [0.4, 0.5) is 0 Å². The zero-order valence-electron chi connectivity index (χ0n) is 11.3. The second-order valence-electron chi connectivity index (χ2n) is 5.07. The van der Waals surface area contributed by atoms with Crippen molar-refractivity contribution in [3.05, 3.63) is 29.6 Å². The van der Waals surface area contributed by atoms with Crippen LogP contribution < -0.4 is 5.32 Å². The lowest BCUT2D eigenvalue weighted by Gasteiger charge is -2.22. The van der Waals surface area contributed by atoms with Crippen molar-refractivity contribution < 1.29 is 4.74 Å². The van der Waals surface area contributed by atoms with Gasteiger partial charge < -0.3 is 10.1 Å². The standard InChI is InChI=1S/C15H24N2O/c1-13-6-5-9-17-15(13)12-16-10-11-18-14-7-3-2-4-8-14/h5-6,9,14,16H,2-4,7-8,10-12H2,1H3. The molecular weight excluding hydrogens is 224 g/mol. The molecule has 1 aromatic rings. The SMILES string of the molecule is Cc1cccnc1CNCCOC1CCCCC1. The Bertz CT molecular complexity index is 348. The topological polar surface area (TPSA) is 34.2 Å². The second kappa shape index (κ2) is 7.49. The summed E-state index contributed by atoms with van der Waals surface area (Å²) in [6.07, 6.45) is 8.92. The molecule has 1 heterocycles. The van der Waals surface area contributed by atoms with Gasteiger partial charge in [-0.25, -0.2) is 0 Å². The minimum atomic E-state index is 0.511. The predicted octanol–water partition coefficient (Wildman–Crippen LogP) is 2.83. The Labute approximate surface area is 110 Å². The third-order valence-electron chi connectivity index (χ3n) is 3.59. The summed E-state index contributed by atoms with van der Waals surface area (Å²) in [5.41, 5.74) is 2.38. The molecule has 1 N–H and O–H groups in total. The molecule has 0 unspecified atom stereocenters. The monoisotopic (exact) mass is 248 g/mol. The first kappa shape index (κ1) is 13.5. The van der Waals surface area contributed by atoms with E-state index < -0.39 is 0 Å². The first-order valence-electron chi connectivity index (χ1n) is 7.09. The van der Waals surface area contributed by atoms with Crippen molar-refractivity contribution in [3.8, 4) is 0 Å². The van der Waals surface area contributed by atoms with Crippen LogP contribution in [0.15, 0.2) is 18.3 Å². The van der Waals surface area contributed by atoms with Gasteiger partial charge in [-0.05, 0) is 31.4 Å². The summed E-state index contributed by atoms with van der Waals surface area (Å²) < 4.78 is 5.87. The van der Waals surface area contributed by atoms with E-state index in [0.29, 0.717) is 6.10 Å². The number of aryl methyl sites for hydroxylation is 1. The van der Waals surface area contributed by atoms with E-state index >= 15 is 0 Å².